The maximum atomic E-state index is 13.9. The molecule has 1 fully saturated rings. The molecule has 0 aliphatic carbocycles. The summed E-state index contributed by atoms with van der Waals surface area (Å²) in [6.45, 7) is 0. The van der Waals surface area contributed by atoms with E-state index in [9.17, 15) is 14.0 Å². The van der Waals surface area contributed by atoms with Crippen LogP contribution in [0.1, 0.15) is 5.56 Å². The van der Waals surface area contributed by atoms with Crippen LogP contribution in [0.15, 0.2) is 47.4 Å². The first-order valence-corrected chi connectivity index (χ1v) is 8.06. The molecule has 0 atom stereocenters. The molecule has 3 rings (SSSR count). The second-order valence-electron chi connectivity index (χ2n) is 4.85. The number of amides is 2. The summed E-state index contributed by atoms with van der Waals surface area (Å²) < 4.78 is 19.0. The Morgan fingerprint density at radius 1 is 1.21 bits per heavy atom. The molecule has 1 aliphatic rings. The van der Waals surface area contributed by atoms with Gasteiger partial charge in [-0.05, 0) is 42.1 Å². The van der Waals surface area contributed by atoms with E-state index < -0.39 is 17.0 Å². The molecule has 1 aliphatic heterocycles. The molecule has 24 heavy (non-hydrogen) atoms. The van der Waals surface area contributed by atoms with Gasteiger partial charge in [-0.1, -0.05) is 23.7 Å². The highest BCUT2D eigenvalue weighted by molar-refractivity contribution is 8.19. The van der Waals surface area contributed by atoms with Crippen LogP contribution in [0, 0.1) is 5.82 Å². The van der Waals surface area contributed by atoms with Gasteiger partial charge in [-0.25, -0.2) is 9.29 Å². The summed E-state index contributed by atoms with van der Waals surface area (Å²) in [5.41, 5.74) is 0.468. The van der Waals surface area contributed by atoms with E-state index in [0.29, 0.717) is 11.4 Å². The fraction of sp³-hybridized carbons (Fsp3) is 0.0588. The molecule has 1 saturated heterocycles. The minimum absolute atomic E-state index is 0.0790. The van der Waals surface area contributed by atoms with E-state index >= 15 is 0 Å². The maximum absolute atomic E-state index is 13.9. The van der Waals surface area contributed by atoms with Gasteiger partial charge >= 0.3 is 0 Å². The molecule has 0 unspecified atom stereocenters. The zero-order chi connectivity index (χ0) is 17.3. The zero-order valence-electron chi connectivity index (χ0n) is 12.5. The van der Waals surface area contributed by atoms with Crippen molar-refractivity contribution < 1.29 is 18.7 Å². The predicted octanol–water partition coefficient (Wildman–Crippen LogP) is 4.73. The van der Waals surface area contributed by atoms with Gasteiger partial charge in [0.1, 0.15) is 11.6 Å². The van der Waals surface area contributed by atoms with E-state index in [2.05, 4.69) is 0 Å². The molecule has 0 bridgehead atoms. The first-order valence-electron chi connectivity index (χ1n) is 6.87. The van der Waals surface area contributed by atoms with Gasteiger partial charge in [0.2, 0.25) is 0 Å². The molecule has 7 heteroatoms. The van der Waals surface area contributed by atoms with Crippen LogP contribution in [-0.4, -0.2) is 18.3 Å². The van der Waals surface area contributed by atoms with Gasteiger partial charge < -0.3 is 4.74 Å². The van der Waals surface area contributed by atoms with Crippen LogP contribution in [0.2, 0.25) is 5.02 Å². The van der Waals surface area contributed by atoms with Gasteiger partial charge in [0, 0.05) is 11.6 Å². The molecule has 2 aromatic rings. The van der Waals surface area contributed by atoms with Gasteiger partial charge in [0.05, 0.1) is 22.7 Å². The molecular weight excluding hydrogens is 353 g/mol. The Bertz CT molecular complexity index is 848. The molecule has 1 heterocycles. The average Bonchev–Trinajstić information content (AvgIpc) is 2.85. The Morgan fingerprint density at radius 3 is 2.67 bits per heavy atom. The van der Waals surface area contributed by atoms with Gasteiger partial charge in [-0.15, -0.1) is 0 Å². The number of rotatable bonds is 3. The Morgan fingerprint density at radius 2 is 1.96 bits per heavy atom. The summed E-state index contributed by atoms with van der Waals surface area (Å²) in [4.78, 5) is 25.9. The minimum Gasteiger partial charge on any atom is -0.497 e. The monoisotopic (exact) mass is 363 g/mol. The third-order valence-corrected chi connectivity index (χ3v) is 4.58. The molecule has 4 nitrogen and oxygen atoms in total. The lowest BCUT2D eigenvalue weighted by atomic mass is 10.2. The van der Waals surface area contributed by atoms with Gasteiger partial charge in [-0.2, -0.15) is 0 Å². The summed E-state index contributed by atoms with van der Waals surface area (Å²) in [7, 11) is 1.49. The van der Waals surface area contributed by atoms with Gasteiger partial charge in [-0.3, -0.25) is 9.59 Å². The largest absolute Gasteiger partial charge is 0.497 e. The number of carbonyl (C=O) groups is 2. The number of imide groups is 1. The van der Waals surface area contributed by atoms with Gasteiger partial charge in [0.25, 0.3) is 11.1 Å². The lowest BCUT2D eigenvalue weighted by molar-refractivity contribution is -0.113. The fourth-order valence-electron chi connectivity index (χ4n) is 2.22. The highest BCUT2D eigenvalue weighted by Crippen LogP contribution is 2.37. The molecule has 0 radical (unpaired) electrons. The molecule has 0 N–H and O–H groups in total. The van der Waals surface area contributed by atoms with Crippen molar-refractivity contribution in [3.63, 3.8) is 0 Å². The zero-order valence-corrected chi connectivity index (χ0v) is 14.0. The smallest absolute Gasteiger partial charge is 0.298 e. The number of benzene rings is 2. The molecule has 2 aromatic carbocycles. The number of halogens is 2. The lowest BCUT2D eigenvalue weighted by Crippen LogP contribution is -2.27. The predicted molar refractivity (Wildman–Crippen MR) is 92.9 cm³/mol. The van der Waals surface area contributed by atoms with Gasteiger partial charge in [0.15, 0.2) is 0 Å². The van der Waals surface area contributed by atoms with Crippen LogP contribution in [-0.2, 0) is 4.79 Å². The van der Waals surface area contributed by atoms with Crippen molar-refractivity contribution in [3.05, 3.63) is 63.8 Å². The normalized spacial score (nSPS) is 16.1. The minimum atomic E-state index is -0.560. The van der Waals surface area contributed by atoms with E-state index in [1.165, 1.54) is 31.4 Å². The van der Waals surface area contributed by atoms with Crippen molar-refractivity contribution in [1.82, 2.24) is 0 Å². The number of anilines is 1. The van der Waals surface area contributed by atoms with Crippen LogP contribution >= 0.6 is 23.4 Å². The average molecular weight is 364 g/mol. The topological polar surface area (TPSA) is 46.6 Å². The third kappa shape index (κ3) is 3.02. The summed E-state index contributed by atoms with van der Waals surface area (Å²) in [5.74, 6) is -0.569. The van der Waals surface area contributed by atoms with E-state index in [1.54, 1.807) is 24.3 Å². The standard InChI is InChI=1S/C17H11ClFNO3S/c1-23-11-5-2-4-10(8-11)20-16(21)15(24-17(20)22)9-12-13(18)6-3-7-14(12)19/h2-9H,1H3/b15-9-. The molecule has 0 aromatic heterocycles. The summed E-state index contributed by atoms with van der Waals surface area (Å²) in [6, 6.07) is 10.8. The Hall–Kier alpha value is -2.31. The van der Waals surface area contributed by atoms with E-state index in [1.807, 2.05) is 0 Å². The Labute approximate surface area is 146 Å². The number of nitrogens with zero attached hydrogens (tertiary/aromatic N) is 1. The summed E-state index contributed by atoms with van der Waals surface area (Å²) in [6.07, 6.45) is 1.29. The van der Waals surface area contributed by atoms with E-state index in [-0.39, 0.29) is 15.5 Å². The third-order valence-electron chi connectivity index (χ3n) is 3.38. The van der Waals surface area contributed by atoms with Crippen molar-refractivity contribution in [1.29, 1.82) is 0 Å². The molecule has 0 spiro atoms. The number of hydrogen-bond donors (Lipinski definition) is 0. The molecular formula is C17H11ClFNO3S. The van der Waals surface area contributed by atoms with E-state index in [4.69, 9.17) is 16.3 Å². The van der Waals surface area contributed by atoms with Crippen LogP contribution in [0.4, 0.5) is 14.9 Å². The number of hydrogen-bond acceptors (Lipinski definition) is 4. The fourth-order valence-corrected chi connectivity index (χ4v) is 3.26. The number of methoxy groups -OCH3 is 1. The van der Waals surface area contributed by atoms with Crippen LogP contribution < -0.4 is 9.64 Å². The van der Waals surface area contributed by atoms with Crippen molar-refractivity contribution in [2.45, 2.75) is 0 Å². The highest BCUT2D eigenvalue weighted by atomic mass is 35.5. The number of carbonyl (C=O) groups excluding carboxylic acids is 2. The first kappa shape index (κ1) is 16.5. The Balaban J connectivity index is 1.98. The van der Waals surface area contributed by atoms with E-state index in [0.717, 1.165) is 16.7 Å². The van der Waals surface area contributed by atoms with Crippen LogP contribution in [0.3, 0.4) is 0 Å². The summed E-state index contributed by atoms with van der Waals surface area (Å²) in [5, 5.41) is -0.296. The van der Waals surface area contributed by atoms with Crippen molar-refractivity contribution in [3.8, 4) is 5.75 Å². The highest BCUT2D eigenvalue weighted by Gasteiger charge is 2.36. The van der Waals surface area contributed by atoms with Crippen molar-refractivity contribution in [2.75, 3.05) is 12.0 Å². The van der Waals surface area contributed by atoms with Crippen molar-refractivity contribution in [2.24, 2.45) is 0 Å². The van der Waals surface area contributed by atoms with Crippen LogP contribution in [0.5, 0.6) is 5.75 Å². The lowest BCUT2D eigenvalue weighted by Gasteiger charge is -2.13. The molecule has 0 saturated carbocycles. The quantitative estimate of drug-likeness (QED) is 0.740. The van der Waals surface area contributed by atoms with Crippen molar-refractivity contribution >= 4 is 46.3 Å². The second kappa shape index (κ2) is 6.67. The van der Waals surface area contributed by atoms with Crippen LogP contribution in [0.25, 0.3) is 6.08 Å². The first-order chi connectivity index (χ1) is 11.5. The Kier molecular flexibility index (Phi) is 4.59. The molecule has 122 valence electrons. The molecule has 2 amide bonds. The number of ether oxygens (including phenoxy) is 1. The number of thioether (sulfide) groups is 1. The summed E-state index contributed by atoms with van der Waals surface area (Å²) >= 11 is 6.70. The SMILES string of the molecule is COc1cccc(N2C(=O)S/C(=C\c3c(F)cccc3Cl)C2=O)c1. The maximum Gasteiger partial charge on any atom is 0.298 e. The second-order valence-corrected chi connectivity index (χ2v) is 6.25.